The number of fused-ring (bicyclic) bond motifs is 1. The molecule has 2 rings (SSSR count). The van der Waals surface area contributed by atoms with Crippen molar-refractivity contribution in [1.29, 1.82) is 0 Å². The number of nitrogens with one attached hydrogen (secondary N) is 1. The van der Waals surface area contributed by atoms with Crippen LogP contribution in [0.4, 0.5) is 0 Å². The van der Waals surface area contributed by atoms with Crippen LogP contribution in [0.15, 0.2) is 29.1 Å². The summed E-state index contributed by atoms with van der Waals surface area (Å²) >= 11 is 0. The molecule has 0 spiro atoms. The Morgan fingerprint density at radius 2 is 2.16 bits per heavy atom. The predicted octanol–water partition coefficient (Wildman–Crippen LogP) is -0.108. The van der Waals surface area contributed by atoms with Crippen LogP contribution < -0.4 is 21.8 Å². The second-order valence-corrected chi connectivity index (χ2v) is 4.29. The van der Waals surface area contributed by atoms with E-state index in [4.69, 9.17) is 16.2 Å². The molecule has 1 aromatic heterocycles. The van der Waals surface area contributed by atoms with Crippen molar-refractivity contribution in [3.8, 4) is 5.75 Å². The number of amides is 1. The van der Waals surface area contributed by atoms with E-state index >= 15 is 0 Å². The number of ether oxygens (including phenoxy) is 1. The predicted molar refractivity (Wildman–Crippen MR) is 72.0 cm³/mol. The number of hydrogen-bond acceptors (Lipinski definition) is 4. The summed E-state index contributed by atoms with van der Waals surface area (Å²) in [4.78, 5) is 25.5. The smallest absolute Gasteiger partial charge is 0.251 e. The highest BCUT2D eigenvalue weighted by molar-refractivity contribution is 5.82. The number of aromatic amines is 1. The fourth-order valence-corrected chi connectivity index (χ4v) is 1.85. The molecule has 100 valence electrons. The largest absolute Gasteiger partial charge is 0.497 e. The number of H-pyrrole nitrogens is 1. The van der Waals surface area contributed by atoms with Gasteiger partial charge in [0.2, 0.25) is 5.91 Å². The summed E-state index contributed by atoms with van der Waals surface area (Å²) in [6.07, 6.45) is 0.109. The molecule has 0 aliphatic rings. The van der Waals surface area contributed by atoms with Crippen molar-refractivity contribution < 1.29 is 9.53 Å². The van der Waals surface area contributed by atoms with Gasteiger partial charge in [-0.1, -0.05) is 0 Å². The van der Waals surface area contributed by atoms with Crippen LogP contribution in [-0.4, -0.2) is 24.0 Å². The van der Waals surface area contributed by atoms with Crippen LogP contribution in [-0.2, 0) is 11.2 Å². The third-order valence-corrected chi connectivity index (χ3v) is 2.93. The Morgan fingerprint density at radius 3 is 2.79 bits per heavy atom. The molecule has 0 aliphatic carbocycles. The maximum absolute atomic E-state index is 11.9. The Hall–Kier alpha value is -2.34. The lowest BCUT2D eigenvalue weighted by atomic mass is 10.1. The Morgan fingerprint density at radius 1 is 1.42 bits per heavy atom. The molecule has 0 radical (unpaired) electrons. The Balaban J connectivity index is 2.47. The number of nitrogens with two attached hydrogens (primary N) is 2. The second kappa shape index (κ2) is 5.11. The van der Waals surface area contributed by atoms with Gasteiger partial charge in [-0.25, -0.2) is 0 Å². The highest BCUT2D eigenvalue weighted by Crippen LogP contribution is 2.18. The van der Waals surface area contributed by atoms with E-state index in [2.05, 4.69) is 4.98 Å². The zero-order chi connectivity index (χ0) is 14.0. The highest BCUT2D eigenvalue weighted by atomic mass is 16.5. The normalized spacial score (nSPS) is 12.3. The number of benzene rings is 1. The molecule has 1 atom stereocenters. The van der Waals surface area contributed by atoms with Gasteiger partial charge in [-0.3, -0.25) is 9.59 Å². The monoisotopic (exact) mass is 261 g/mol. The molecule has 1 unspecified atom stereocenters. The molecule has 19 heavy (non-hydrogen) atoms. The Labute approximate surface area is 109 Å². The number of carbonyl (C=O) groups excluding carboxylic acids is 1. The van der Waals surface area contributed by atoms with E-state index in [1.165, 1.54) is 0 Å². The minimum absolute atomic E-state index is 0.109. The molecule has 0 bridgehead atoms. The Bertz CT molecular complexity index is 678. The molecule has 0 fully saturated rings. The van der Waals surface area contributed by atoms with Gasteiger partial charge in [0.05, 0.1) is 13.2 Å². The first-order valence-corrected chi connectivity index (χ1v) is 5.76. The topological polar surface area (TPSA) is 111 Å². The average Bonchev–Trinajstić information content (AvgIpc) is 2.38. The van der Waals surface area contributed by atoms with Crippen molar-refractivity contribution in [2.75, 3.05) is 7.11 Å². The number of primary amides is 1. The molecule has 1 aromatic carbocycles. The zero-order valence-corrected chi connectivity index (χ0v) is 10.5. The molecule has 0 aliphatic heterocycles. The molecule has 0 saturated heterocycles. The highest BCUT2D eigenvalue weighted by Gasteiger charge is 2.13. The number of pyridine rings is 1. The van der Waals surface area contributed by atoms with Crippen molar-refractivity contribution in [2.24, 2.45) is 11.5 Å². The lowest BCUT2D eigenvalue weighted by Gasteiger charge is -2.08. The van der Waals surface area contributed by atoms with Crippen LogP contribution >= 0.6 is 0 Å². The van der Waals surface area contributed by atoms with E-state index in [1.807, 2.05) is 0 Å². The summed E-state index contributed by atoms with van der Waals surface area (Å²) < 4.78 is 5.12. The molecule has 6 nitrogen and oxygen atoms in total. The summed E-state index contributed by atoms with van der Waals surface area (Å²) in [6, 6.07) is 6.13. The van der Waals surface area contributed by atoms with Crippen LogP contribution in [0, 0.1) is 0 Å². The van der Waals surface area contributed by atoms with E-state index in [0.717, 1.165) is 5.39 Å². The van der Waals surface area contributed by atoms with E-state index in [1.54, 1.807) is 31.4 Å². The molecule has 6 heteroatoms. The molecular formula is C13H15N3O3. The van der Waals surface area contributed by atoms with Crippen LogP contribution in [0.1, 0.15) is 5.56 Å². The van der Waals surface area contributed by atoms with E-state index < -0.39 is 11.9 Å². The van der Waals surface area contributed by atoms with Gasteiger partial charge >= 0.3 is 0 Å². The van der Waals surface area contributed by atoms with Gasteiger partial charge in [0.25, 0.3) is 5.56 Å². The van der Waals surface area contributed by atoms with Crippen LogP contribution in [0.2, 0.25) is 0 Å². The number of carbonyl (C=O) groups is 1. The summed E-state index contributed by atoms with van der Waals surface area (Å²) in [5.74, 6) is 0.0508. The van der Waals surface area contributed by atoms with Gasteiger partial charge in [0.1, 0.15) is 5.75 Å². The molecule has 1 heterocycles. The van der Waals surface area contributed by atoms with Crippen LogP contribution in [0.5, 0.6) is 5.75 Å². The fourth-order valence-electron chi connectivity index (χ4n) is 1.85. The van der Waals surface area contributed by atoms with E-state index in [9.17, 15) is 9.59 Å². The van der Waals surface area contributed by atoms with E-state index in [0.29, 0.717) is 16.8 Å². The third-order valence-electron chi connectivity index (χ3n) is 2.93. The number of aromatic nitrogens is 1. The van der Waals surface area contributed by atoms with Crippen molar-refractivity contribution in [2.45, 2.75) is 12.5 Å². The maximum atomic E-state index is 11.9. The van der Waals surface area contributed by atoms with Gasteiger partial charge in [-0.05, 0) is 24.3 Å². The summed E-state index contributed by atoms with van der Waals surface area (Å²) in [5, 5.41) is 0.811. The third kappa shape index (κ3) is 2.74. The first-order chi connectivity index (χ1) is 9.01. The summed E-state index contributed by atoms with van der Waals surface area (Å²) in [5.41, 5.74) is 11.5. The number of methoxy groups -OCH3 is 1. The second-order valence-electron chi connectivity index (χ2n) is 4.29. The first-order valence-electron chi connectivity index (χ1n) is 5.76. The molecular weight excluding hydrogens is 246 g/mol. The minimum atomic E-state index is -0.871. The molecule has 5 N–H and O–H groups in total. The minimum Gasteiger partial charge on any atom is -0.497 e. The SMILES string of the molecule is COc1ccc2[nH]c(=O)c(CC(N)C(N)=O)cc2c1. The lowest BCUT2D eigenvalue weighted by Crippen LogP contribution is -2.39. The lowest BCUT2D eigenvalue weighted by molar-refractivity contribution is -0.119. The number of hydrogen-bond donors (Lipinski definition) is 3. The van der Waals surface area contributed by atoms with Gasteiger partial charge in [0.15, 0.2) is 0 Å². The molecule has 0 saturated carbocycles. The van der Waals surface area contributed by atoms with Gasteiger partial charge in [0, 0.05) is 22.9 Å². The first kappa shape index (κ1) is 13.1. The zero-order valence-electron chi connectivity index (χ0n) is 10.5. The fraction of sp³-hybridized carbons (Fsp3) is 0.231. The van der Waals surface area contributed by atoms with Crippen molar-refractivity contribution in [3.63, 3.8) is 0 Å². The standard InChI is InChI=1S/C13H15N3O3/c1-19-9-2-3-11-7(5-9)4-8(13(18)16-11)6-10(14)12(15)17/h2-5,10H,6,14H2,1H3,(H2,15,17)(H,16,18). The van der Waals surface area contributed by atoms with Crippen LogP contribution in [0.3, 0.4) is 0 Å². The van der Waals surface area contributed by atoms with Crippen molar-refractivity contribution in [1.82, 2.24) is 4.98 Å². The van der Waals surface area contributed by atoms with Crippen molar-refractivity contribution in [3.05, 3.63) is 40.2 Å². The summed E-state index contributed by atoms with van der Waals surface area (Å²) in [7, 11) is 1.57. The van der Waals surface area contributed by atoms with E-state index in [-0.39, 0.29) is 12.0 Å². The number of rotatable bonds is 4. The Kier molecular flexibility index (Phi) is 3.52. The summed E-state index contributed by atoms with van der Waals surface area (Å²) in [6.45, 7) is 0. The van der Waals surface area contributed by atoms with Gasteiger partial charge < -0.3 is 21.2 Å². The molecule has 1 amide bonds. The van der Waals surface area contributed by atoms with Gasteiger partial charge in [-0.2, -0.15) is 0 Å². The van der Waals surface area contributed by atoms with Gasteiger partial charge in [-0.15, -0.1) is 0 Å². The maximum Gasteiger partial charge on any atom is 0.251 e. The van der Waals surface area contributed by atoms with Crippen molar-refractivity contribution >= 4 is 16.8 Å². The quantitative estimate of drug-likeness (QED) is 0.713. The van der Waals surface area contributed by atoms with Crippen LogP contribution in [0.25, 0.3) is 10.9 Å². The average molecular weight is 261 g/mol. The molecule has 2 aromatic rings.